The summed E-state index contributed by atoms with van der Waals surface area (Å²) in [5, 5.41) is 15.8. The fourth-order valence-corrected chi connectivity index (χ4v) is 3.57. The number of nitrogens with one attached hydrogen (secondary N) is 1. The number of likely N-dealkylation sites (tertiary alicyclic amines) is 1. The molecule has 0 saturated carbocycles. The Hall–Kier alpha value is -2.18. The molecule has 1 saturated heterocycles. The van der Waals surface area contributed by atoms with E-state index in [4.69, 9.17) is 0 Å². The highest BCUT2D eigenvalue weighted by atomic mass is 32.1. The summed E-state index contributed by atoms with van der Waals surface area (Å²) in [7, 11) is 0. The van der Waals surface area contributed by atoms with Gasteiger partial charge in [0.05, 0.1) is 16.8 Å². The summed E-state index contributed by atoms with van der Waals surface area (Å²) in [5.41, 5.74) is 1.59. The van der Waals surface area contributed by atoms with Gasteiger partial charge in [-0.2, -0.15) is 11.3 Å². The number of rotatable bonds is 4. The second-order valence-electron chi connectivity index (χ2n) is 5.95. The van der Waals surface area contributed by atoms with Crippen LogP contribution < -0.4 is 5.32 Å². The van der Waals surface area contributed by atoms with Gasteiger partial charge in [0.25, 0.3) is 11.8 Å². The molecule has 6 heteroatoms. The molecule has 0 bridgehead atoms. The van der Waals surface area contributed by atoms with Crippen molar-refractivity contribution in [1.29, 1.82) is 0 Å². The first-order valence-electron chi connectivity index (χ1n) is 8.01. The highest BCUT2D eigenvalue weighted by molar-refractivity contribution is 7.08. The zero-order chi connectivity index (χ0) is 16.9. The molecule has 2 amide bonds. The van der Waals surface area contributed by atoms with Crippen LogP contribution in [0.4, 0.5) is 5.69 Å². The van der Waals surface area contributed by atoms with E-state index in [1.54, 1.807) is 40.6 Å². The van der Waals surface area contributed by atoms with Gasteiger partial charge in [-0.05, 0) is 42.3 Å². The third-order valence-corrected chi connectivity index (χ3v) is 4.94. The number of hydrogen-bond donors (Lipinski definition) is 2. The molecule has 24 heavy (non-hydrogen) atoms. The molecule has 1 aromatic heterocycles. The average molecular weight is 344 g/mol. The molecule has 1 aliphatic heterocycles. The van der Waals surface area contributed by atoms with E-state index in [9.17, 15) is 14.7 Å². The molecule has 1 unspecified atom stereocenters. The summed E-state index contributed by atoms with van der Waals surface area (Å²) in [5.74, 6) is -0.187. The molecule has 1 aliphatic rings. The Morgan fingerprint density at radius 3 is 2.88 bits per heavy atom. The van der Waals surface area contributed by atoms with E-state index in [1.807, 2.05) is 5.38 Å². The highest BCUT2D eigenvalue weighted by Gasteiger charge is 2.25. The van der Waals surface area contributed by atoms with Crippen LogP contribution in [0.3, 0.4) is 0 Å². The maximum atomic E-state index is 12.8. The van der Waals surface area contributed by atoms with Crippen LogP contribution in [0.2, 0.25) is 0 Å². The third-order valence-electron chi connectivity index (χ3n) is 4.25. The maximum Gasteiger partial charge on any atom is 0.256 e. The van der Waals surface area contributed by atoms with Crippen molar-refractivity contribution >= 4 is 28.8 Å². The number of aliphatic hydroxyl groups is 1. The topological polar surface area (TPSA) is 69.6 Å². The Kier molecular flexibility index (Phi) is 5.27. The number of nitrogens with zero attached hydrogens (tertiary/aromatic N) is 1. The lowest BCUT2D eigenvalue weighted by Crippen LogP contribution is -2.41. The molecule has 0 radical (unpaired) electrons. The maximum absolute atomic E-state index is 12.8. The molecule has 2 heterocycles. The van der Waals surface area contributed by atoms with E-state index >= 15 is 0 Å². The van der Waals surface area contributed by atoms with Gasteiger partial charge < -0.3 is 15.3 Å². The largest absolute Gasteiger partial charge is 0.396 e. The van der Waals surface area contributed by atoms with E-state index in [0.717, 1.165) is 12.8 Å². The monoisotopic (exact) mass is 344 g/mol. The van der Waals surface area contributed by atoms with Crippen molar-refractivity contribution in [3.8, 4) is 0 Å². The van der Waals surface area contributed by atoms with Gasteiger partial charge in [0.2, 0.25) is 0 Å². The van der Waals surface area contributed by atoms with Crippen LogP contribution >= 0.6 is 11.3 Å². The molecule has 0 aliphatic carbocycles. The van der Waals surface area contributed by atoms with Crippen LogP contribution in [0.25, 0.3) is 0 Å². The summed E-state index contributed by atoms with van der Waals surface area (Å²) in [6.45, 7) is 1.34. The first-order valence-corrected chi connectivity index (χ1v) is 8.96. The molecule has 5 nitrogen and oxygen atoms in total. The number of anilines is 1. The second kappa shape index (κ2) is 7.59. The van der Waals surface area contributed by atoms with Crippen molar-refractivity contribution in [1.82, 2.24) is 4.90 Å². The standard InChI is InChI=1S/C18H20N2O3S/c21-11-13-4-3-8-20(10-13)18(23)15-5-1-2-6-16(15)19-17(22)14-7-9-24-12-14/h1-2,5-7,9,12-13,21H,3-4,8,10-11H2,(H,19,22). The molecule has 2 aromatic rings. The Morgan fingerprint density at radius 1 is 1.29 bits per heavy atom. The van der Waals surface area contributed by atoms with Gasteiger partial charge in [-0.3, -0.25) is 9.59 Å². The van der Waals surface area contributed by atoms with E-state index in [0.29, 0.717) is 29.9 Å². The fraction of sp³-hybridized carbons (Fsp3) is 0.333. The summed E-state index contributed by atoms with van der Waals surface area (Å²) in [6, 6.07) is 8.81. The van der Waals surface area contributed by atoms with Crippen LogP contribution in [0.1, 0.15) is 33.6 Å². The van der Waals surface area contributed by atoms with E-state index < -0.39 is 0 Å². The summed E-state index contributed by atoms with van der Waals surface area (Å²) in [4.78, 5) is 26.9. The van der Waals surface area contributed by atoms with Gasteiger partial charge in [-0.15, -0.1) is 0 Å². The number of thiophene rings is 1. The van der Waals surface area contributed by atoms with Gasteiger partial charge in [-0.1, -0.05) is 12.1 Å². The minimum absolute atomic E-state index is 0.0975. The summed E-state index contributed by atoms with van der Waals surface area (Å²) >= 11 is 1.45. The number of amides is 2. The van der Waals surface area contributed by atoms with Crippen LogP contribution in [-0.4, -0.2) is 41.5 Å². The highest BCUT2D eigenvalue weighted by Crippen LogP contribution is 2.23. The Bertz CT molecular complexity index is 715. The van der Waals surface area contributed by atoms with Crippen molar-refractivity contribution in [3.63, 3.8) is 0 Å². The first kappa shape index (κ1) is 16.7. The summed E-state index contributed by atoms with van der Waals surface area (Å²) in [6.07, 6.45) is 1.83. The molecule has 1 aromatic carbocycles. The van der Waals surface area contributed by atoms with E-state index in [2.05, 4.69) is 5.32 Å². The Labute approximate surface area is 144 Å². The molecule has 1 atom stereocenters. The Morgan fingerprint density at radius 2 is 2.12 bits per heavy atom. The molecule has 126 valence electrons. The van der Waals surface area contributed by atoms with Crippen molar-refractivity contribution in [2.24, 2.45) is 5.92 Å². The predicted molar refractivity (Wildman–Crippen MR) is 94.4 cm³/mol. The quantitative estimate of drug-likeness (QED) is 0.896. The first-order chi connectivity index (χ1) is 11.7. The number of piperidine rings is 1. The number of carbonyl (C=O) groups is 2. The normalized spacial score (nSPS) is 17.5. The molecule has 1 fully saturated rings. The number of para-hydroxylation sites is 1. The van der Waals surface area contributed by atoms with Crippen LogP contribution in [0.15, 0.2) is 41.1 Å². The van der Waals surface area contributed by atoms with Gasteiger partial charge >= 0.3 is 0 Å². The lowest BCUT2D eigenvalue weighted by atomic mass is 9.98. The third kappa shape index (κ3) is 3.66. The van der Waals surface area contributed by atoms with Crippen molar-refractivity contribution in [3.05, 3.63) is 52.2 Å². The Balaban J connectivity index is 1.78. The van der Waals surface area contributed by atoms with Crippen molar-refractivity contribution in [2.45, 2.75) is 12.8 Å². The molecular formula is C18H20N2O3S. The lowest BCUT2D eigenvalue weighted by molar-refractivity contribution is 0.0621. The van der Waals surface area contributed by atoms with Gasteiger partial charge in [0.1, 0.15) is 0 Å². The molecule has 2 N–H and O–H groups in total. The van der Waals surface area contributed by atoms with Gasteiger partial charge in [0, 0.05) is 25.1 Å². The lowest BCUT2D eigenvalue weighted by Gasteiger charge is -2.32. The van der Waals surface area contributed by atoms with Crippen molar-refractivity contribution in [2.75, 3.05) is 25.0 Å². The van der Waals surface area contributed by atoms with Crippen LogP contribution in [0, 0.1) is 5.92 Å². The summed E-state index contributed by atoms with van der Waals surface area (Å²) < 4.78 is 0. The number of benzene rings is 1. The minimum atomic E-state index is -0.219. The van der Waals surface area contributed by atoms with Crippen molar-refractivity contribution < 1.29 is 14.7 Å². The smallest absolute Gasteiger partial charge is 0.256 e. The number of aliphatic hydroxyl groups excluding tert-OH is 1. The second-order valence-corrected chi connectivity index (χ2v) is 6.73. The molecule has 0 spiro atoms. The van der Waals surface area contributed by atoms with Gasteiger partial charge in [0.15, 0.2) is 0 Å². The molecular weight excluding hydrogens is 324 g/mol. The van der Waals surface area contributed by atoms with Crippen LogP contribution in [-0.2, 0) is 0 Å². The van der Waals surface area contributed by atoms with Gasteiger partial charge in [-0.25, -0.2) is 0 Å². The number of hydrogen-bond acceptors (Lipinski definition) is 4. The molecule has 3 rings (SSSR count). The van der Waals surface area contributed by atoms with E-state index in [1.165, 1.54) is 11.3 Å². The van der Waals surface area contributed by atoms with E-state index in [-0.39, 0.29) is 24.3 Å². The fourth-order valence-electron chi connectivity index (χ4n) is 2.94. The predicted octanol–water partition coefficient (Wildman–Crippen LogP) is 2.84. The SMILES string of the molecule is O=C(Nc1ccccc1C(=O)N1CCCC(CO)C1)c1ccsc1. The minimum Gasteiger partial charge on any atom is -0.396 e. The zero-order valence-electron chi connectivity index (χ0n) is 13.3. The zero-order valence-corrected chi connectivity index (χ0v) is 14.1. The van der Waals surface area contributed by atoms with Crippen LogP contribution in [0.5, 0.6) is 0 Å². The number of carbonyl (C=O) groups excluding carboxylic acids is 2. The average Bonchev–Trinajstić information content (AvgIpc) is 3.16.